The lowest BCUT2D eigenvalue weighted by Gasteiger charge is -2.13. The molecule has 0 saturated heterocycles. The molecular formula is C15H24N2. The summed E-state index contributed by atoms with van der Waals surface area (Å²) in [6, 6.07) is 8.96. The highest BCUT2D eigenvalue weighted by molar-refractivity contribution is 5.22. The van der Waals surface area contributed by atoms with Crippen molar-refractivity contribution in [1.29, 1.82) is 0 Å². The van der Waals surface area contributed by atoms with E-state index in [4.69, 9.17) is 5.73 Å². The van der Waals surface area contributed by atoms with Gasteiger partial charge in [-0.2, -0.15) is 0 Å². The van der Waals surface area contributed by atoms with Crippen molar-refractivity contribution in [3.8, 4) is 0 Å². The summed E-state index contributed by atoms with van der Waals surface area (Å²) in [4.78, 5) is 0. The van der Waals surface area contributed by atoms with Crippen molar-refractivity contribution in [3.63, 3.8) is 0 Å². The molecule has 0 aliphatic heterocycles. The third-order valence-electron chi connectivity index (χ3n) is 3.91. The second-order valence-electron chi connectivity index (χ2n) is 5.30. The van der Waals surface area contributed by atoms with E-state index in [1.165, 1.54) is 24.0 Å². The molecule has 1 aromatic carbocycles. The molecule has 2 heteroatoms. The highest BCUT2D eigenvalue weighted by Gasteiger charge is 2.40. The average Bonchev–Trinajstić information content (AvgIpc) is 3.16. The minimum Gasteiger partial charge on any atom is -0.330 e. The molecule has 94 valence electrons. The van der Waals surface area contributed by atoms with Crippen LogP contribution in [0, 0.1) is 5.41 Å². The zero-order chi connectivity index (χ0) is 12.1. The van der Waals surface area contributed by atoms with E-state index in [1.807, 2.05) is 0 Å². The Labute approximate surface area is 105 Å². The lowest BCUT2D eigenvalue weighted by Crippen LogP contribution is -2.30. The highest BCUT2D eigenvalue weighted by Crippen LogP contribution is 2.43. The number of nitrogens with two attached hydrogens (primary N) is 1. The van der Waals surface area contributed by atoms with Gasteiger partial charge >= 0.3 is 0 Å². The zero-order valence-corrected chi connectivity index (χ0v) is 10.8. The Bertz CT molecular complexity index is 338. The Hall–Kier alpha value is -0.860. The van der Waals surface area contributed by atoms with Crippen LogP contribution >= 0.6 is 0 Å². The monoisotopic (exact) mass is 232 g/mol. The van der Waals surface area contributed by atoms with Crippen molar-refractivity contribution in [2.75, 3.05) is 19.6 Å². The standard InChI is InChI=1S/C15H24N2/c1-2-13-3-5-14(6-4-13)7-10-17-12-15(11-16)8-9-15/h3-6,17H,2,7-12,16H2,1H3. The lowest BCUT2D eigenvalue weighted by atomic mass is 10.1. The van der Waals surface area contributed by atoms with Gasteiger partial charge in [0.1, 0.15) is 0 Å². The van der Waals surface area contributed by atoms with E-state index < -0.39 is 0 Å². The van der Waals surface area contributed by atoms with E-state index in [0.717, 1.165) is 32.5 Å². The van der Waals surface area contributed by atoms with E-state index in [-0.39, 0.29) is 0 Å². The number of benzene rings is 1. The molecule has 0 unspecified atom stereocenters. The van der Waals surface area contributed by atoms with Gasteiger partial charge in [-0.25, -0.2) is 0 Å². The van der Waals surface area contributed by atoms with Gasteiger partial charge < -0.3 is 11.1 Å². The van der Waals surface area contributed by atoms with Crippen LogP contribution in [0.25, 0.3) is 0 Å². The van der Waals surface area contributed by atoms with Crippen LogP contribution in [0.5, 0.6) is 0 Å². The topological polar surface area (TPSA) is 38.0 Å². The van der Waals surface area contributed by atoms with Crippen LogP contribution in [0.2, 0.25) is 0 Å². The molecule has 0 bridgehead atoms. The molecule has 2 nitrogen and oxygen atoms in total. The van der Waals surface area contributed by atoms with E-state index in [9.17, 15) is 0 Å². The van der Waals surface area contributed by atoms with Crippen molar-refractivity contribution < 1.29 is 0 Å². The predicted octanol–water partition coefficient (Wildman–Crippen LogP) is 2.12. The summed E-state index contributed by atoms with van der Waals surface area (Å²) >= 11 is 0. The molecule has 17 heavy (non-hydrogen) atoms. The molecule has 0 heterocycles. The summed E-state index contributed by atoms with van der Waals surface area (Å²) in [7, 11) is 0. The molecule has 0 spiro atoms. The van der Waals surface area contributed by atoms with Gasteiger partial charge in [-0.05, 0) is 55.3 Å². The Morgan fingerprint density at radius 3 is 2.35 bits per heavy atom. The first-order valence-electron chi connectivity index (χ1n) is 6.77. The van der Waals surface area contributed by atoms with Gasteiger partial charge in [0.2, 0.25) is 0 Å². The predicted molar refractivity (Wildman–Crippen MR) is 73.1 cm³/mol. The van der Waals surface area contributed by atoms with Gasteiger partial charge in [-0.15, -0.1) is 0 Å². The maximum absolute atomic E-state index is 5.75. The SMILES string of the molecule is CCc1ccc(CCNCC2(CN)CC2)cc1. The summed E-state index contributed by atoms with van der Waals surface area (Å²) in [5.74, 6) is 0. The fraction of sp³-hybridized carbons (Fsp3) is 0.600. The average molecular weight is 232 g/mol. The molecule has 1 aliphatic rings. The van der Waals surface area contributed by atoms with Gasteiger partial charge in [-0.1, -0.05) is 31.2 Å². The molecule has 0 radical (unpaired) electrons. The number of rotatable bonds is 7. The first kappa shape index (κ1) is 12.6. The number of hydrogen-bond donors (Lipinski definition) is 2. The molecular weight excluding hydrogens is 208 g/mol. The normalized spacial score (nSPS) is 17.1. The fourth-order valence-electron chi connectivity index (χ4n) is 2.16. The van der Waals surface area contributed by atoms with E-state index >= 15 is 0 Å². The maximum atomic E-state index is 5.75. The molecule has 0 atom stereocenters. The van der Waals surface area contributed by atoms with Crippen LogP contribution in [0.4, 0.5) is 0 Å². The second-order valence-corrected chi connectivity index (χ2v) is 5.30. The van der Waals surface area contributed by atoms with Crippen LogP contribution in [-0.2, 0) is 12.8 Å². The molecule has 1 saturated carbocycles. The molecule has 2 rings (SSSR count). The molecule has 0 amide bonds. The summed E-state index contributed by atoms with van der Waals surface area (Å²) in [6.07, 6.45) is 4.85. The van der Waals surface area contributed by atoms with Crippen LogP contribution in [0.15, 0.2) is 24.3 Å². The summed E-state index contributed by atoms with van der Waals surface area (Å²) in [6.45, 7) is 5.19. The van der Waals surface area contributed by atoms with Gasteiger partial charge in [-0.3, -0.25) is 0 Å². The largest absolute Gasteiger partial charge is 0.330 e. The molecule has 1 fully saturated rings. The maximum Gasteiger partial charge on any atom is 0.00200 e. The second kappa shape index (κ2) is 5.65. The summed E-state index contributed by atoms with van der Waals surface area (Å²) < 4.78 is 0. The molecule has 3 N–H and O–H groups in total. The molecule has 1 aromatic rings. The lowest BCUT2D eigenvalue weighted by molar-refractivity contribution is 0.470. The van der Waals surface area contributed by atoms with E-state index in [2.05, 4.69) is 36.5 Å². The van der Waals surface area contributed by atoms with Gasteiger partial charge in [0.25, 0.3) is 0 Å². The highest BCUT2D eigenvalue weighted by atomic mass is 14.9. The zero-order valence-electron chi connectivity index (χ0n) is 10.8. The van der Waals surface area contributed by atoms with Crippen LogP contribution in [0.3, 0.4) is 0 Å². The van der Waals surface area contributed by atoms with Crippen LogP contribution in [-0.4, -0.2) is 19.6 Å². The summed E-state index contributed by atoms with van der Waals surface area (Å²) in [5, 5.41) is 3.54. The first-order valence-corrected chi connectivity index (χ1v) is 6.77. The van der Waals surface area contributed by atoms with Crippen LogP contribution < -0.4 is 11.1 Å². The van der Waals surface area contributed by atoms with Gasteiger partial charge in [0, 0.05) is 6.54 Å². The Morgan fingerprint density at radius 2 is 1.82 bits per heavy atom. The Kier molecular flexibility index (Phi) is 4.19. The van der Waals surface area contributed by atoms with Crippen molar-refractivity contribution in [2.45, 2.75) is 32.6 Å². The van der Waals surface area contributed by atoms with Crippen LogP contribution in [0.1, 0.15) is 30.9 Å². The summed E-state index contributed by atoms with van der Waals surface area (Å²) in [5.41, 5.74) is 9.05. The minimum atomic E-state index is 0.450. The fourth-order valence-corrected chi connectivity index (χ4v) is 2.16. The van der Waals surface area contributed by atoms with Crippen molar-refractivity contribution in [1.82, 2.24) is 5.32 Å². The van der Waals surface area contributed by atoms with E-state index in [1.54, 1.807) is 0 Å². The number of hydrogen-bond acceptors (Lipinski definition) is 2. The van der Waals surface area contributed by atoms with Crippen molar-refractivity contribution in [3.05, 3.63) is 35.4 Å². The van der Waals surface area contributed by atoms with E-state index in [0.29, 0.717) is 5.41 Å². The number of aryl methyl sites for hydroxylation is 1. The Morgan fingerprint density at radius 1 is 1.18 bits per heavy atom. The third kappa shape index (κ3) is 3.55. The smallest absolute Gasteiger partial charge is 0.00200 e. The first-order chi connectivity index (χ1) is 8.28. The van der Waals surface area contributed by atoms with Crippen molar-refractivity contribution >= 4 is 0 Å². The molecule has 1 aliphatic carbocycles. The quantitative estimate of drug-likeness (QED) is 0.707. The molecule has 0 aromatic heterocycles. The Balaban J connectivity index is 1.67. The van der Waals surface area contributed by atoms with Gasteiger partial charge in [0.05, 0.1) is 0 Å². The van der Waals surface area contributed by atoms with Crippen molar-refractivity contribution in [2.24, 2.45) is 11.1 Å². The third-order valence-corrected chi connectivity index (χ3v) is 3.91. The van der Waals surface area contributed by atoms with Gasteiger partial charge in [0.15, 0.2) is 0 Å². The number of nitrogens with one attached hydrogen (secondary N) is 1. The minimum absolute atomic E-state index is 0.450.